The summed E-state index contributed by atoms with van der Waals surface area (Å²) in [6.07, 6.45) is 3.37. The highest BCUT2D eigenvalue weighted by atomic mass is 35.5. The second-order valence-corrected chi connectivity index (χ2v) is 12.0. The first-order chi connectivity index (χ1) is 16.9. The van der Waals surface area contributed by atoms with Crippen LogP contribution in [0.5, 0.6) is 0 Å². The highest BCUT2D eigenvalue weighted by molar-refractivity contribution is 6.29. The Kier molecular flexibility index (Phi) is 5.90. The average molecular weight is 539 g/mol. The van der Waals surface area contributed by atoms with E-state index in [1.165, 1.54) is 24.5 Å². The molecule has 3 saturated carbocycles. The number of ketones is 2. The van der Waals surface area contributed by atoms with Gasteiger partial charge in [0.1, 0.15) is 6.17 Å². The molecule has 0 aromatic carbocycles. The van der Waals surface area contributed by atoms with Crippen LogP contribution in [0.4, 0.5) is 4.39 Å². The predicted octanol–water partition coefficient (Wildman–Crippen LogP) is 4.82. The SMILES string of the molecule is CC1C[C@H]2[C@@H]3CC(F)C4=CC(=O)C=C[C@]4(C)[C@@]3(Cl)C(O)C[C@]2(C)[C@@]1(OC(=O)c1ccco1)C(=O)CCl. The molecule has 4 aliphatic carbocycles. The molecule has 1 aromatic rings. The highest BCUT2D eigenvalue weighted by Crippen LogP contribution is 2.72. The maximum Gasteiger partial charge on any atom is 0.375 e. The van der Waals surface area contributed by atoms with Gasteiger partial charge in [-0.05, 0) is 61.0 Å². The molecule has 1 aromatic heterocycles. The van der Waals surface area contributed by atoms with Gasteiger partial charge in [-0.15, -0.1) is 23.2 Å². The summed E-state index contributed by atoms with van der Waals surface area (Å²) in [5, 5.41) is 11.7. The Morgan fingerprint density at radius 3 is 2.64 bits per heavy atom. The third-order valence-electron chi connectivity index (χ3n) is 9.68. The van der Waals surface area contributed by atoms with E-state index in [-0.39, 0.29) is 35.9 Å². The number of esters is 1. The fourth-order valence-electron chi connectivity index (χ4n) is 8.08. The molecular weight excluding hydrogens is 510 g/mol. The number of halogens is 3. The number of hydrogen-bond acceptors (Lipinski definition) is 6. The van der Waals surface area contributed by atoms with Gasteiger partial charge in [0.25, 0.3) is 0 Å². The minimum atomic E-state index is -1.66. The number of carbonyl (C=O) groups excluding carboxylic acids is 3. The van der Waals surface area contributed by atoms with Crippen LogP contribution in [0.2, 0.25) is 0 Å². The zero-order valence-electron chi connectivity index (χ0n) is 20.3. The van der Waals surface area contributed by atoms with Crippen molar-refractivity contribution in [2.75, 3.05) is 5.88 Å². The van der Waals surface area contributed by atoms with Crippen LogP contribution in [-0.4, -0.2) is 51.3 Å². The van der Waals surface area contributed by atoms with Crippen molar-refractivity contribution >= 4 is 40.7 Å². The molecule has 0 radical (unpaired) electrons. The van der Waals surface area contributed by atoms with Crippen molar-refractivity contribution < 1.29 is 33.0 Å². The van der Waals surface area contributed by atoms with E-state index in [4.69, 9.17) is 32.4 Å². The standard InChI is InChI=1S/C27H29Cl2FO6/c1-14-9-16-17-11-19(30)18-10-15(31)6-7-24(18,2)26(17,29)21(32)12-25(16,3)27(14,22(33)13-28)36-23(34)20-5-4-8-35-20/h4-8,10,14,16-17,19,21,32H,9,11-13H2,1-3H3/t14?,16-,17-,19?,21?,24-,25-,26-,27-/m0/s1. The molecule has 3 fully saturated rings. The van der Waals surface area contributed by atoms with Crippen molar-refractivity contribution in [1.29, 1.82) is 0 Å². The Morgan fingerprint density at radius 2 is 2.00 bits per heavy atom. The number of allylic oxidation sites excluding steroid dienone is 4. The maximum absolute atomic E-state index is 15.7. The molecule has 4 aliphatic rings. The largest absolute Gasteiger partial charge is 0.457 e. The lowest BCUT2D eigenvalue weighted by Crippen LogP contribution is -2.70. The van der Waals surface area contributed by atoms with Gasteiger partial charge in [0.2, 0.25) is 5.76 Å². The maximum atomic E-state index is 15.7. The number of furan rings is 1. The second kappa shape index (κ2) is 8.27. The molecule has 0 amide bonds. The van der Waals surface area contributed by atoms with Gasteiger partial charge < -0.3 is 14.3 Å². The van der Waals surface area contributed by atoms with Gasteiger partial charge in [0.05, 0.1) is 23.1 Å². The Balaban J connectivity index is 1.64. The van der Waals surface area contributed by atoms with Crippen molar-refractivity contribution in [3.63, 3.8) is 0 Å². The molecule has 1 N–H and O–H groups in total. The predicted molar refractivity (Wildman–Crippen MR) is 131 cm³/mol. The van der Waals surface area contributed by atoms with E-state index in [0.29, 0.717) is 6.42 Å². The minimum Gasteiger partial charge on any atom is -0.457 e. The van der Waals surface area contributed by atoms with Crippen LogP contribution in [0.1, 0.15) is 50.6 Å². The quantitative estimate of drug-likeness (QED) is 0.436. The van der Waals surface area contributed by atoms with Crippen LogP contribution >= 0.6 is 23.2 Å². The van der Waals surface area contributed by atoms with Crippen molar-refractivity contribution in [1.82, 2.24) is 0 Å². The number of alkyl halides is 3. The number of ether oxygens (including phenoxy) is 1. The van der Waals surface area contributed by atoms with E-state index in [9.17, 15) is 19.5 Å². The van der Waals surface area contributed by atoms with Crippen molar-refractivity contribution in [3.05, 3.63) is 48.0 Å². The molecule has 1 heterocycles. The first kappa shape index (κ1) is 25.7. The number of Topliss-reactive ketones (excluding diaryl/α,β-unsaturated/α-hetero) is 1. The molecular formula is C27H29Cl2FO6. The number of aliphatic hydroxyl groups is 1. The number of aliphatic hydroxyl groups excluding tert-OH is 1. The molecule has 5 rings (SSSR count). The summed E-state index contributed by atoms with van der Waals surface area (Å²) in [5.41, 5.74) is -3.58. The topological polar surface area (TPSA) is 93.8 Å². The van der Waals surface area contributed by atoms with Gasteiger partial charge in [0, 0.05) is 16.7 Å². The monoisotopic (exact) mass is 538 g/mol. The van der Waals surface area contributed by atoms with Gasteiger partial charge in [-0.3, -0.25) is 9.59 Å². The molecule has 3 unspecified atom stereocenters. The van der Waals surface area contributed by atoms with Crippen LogP contribution in [0.3, 0.4) is 0 Å². The molecule has 0 spiro atoms. The van der Waals surface area contributed by atoms with Crippen LogP contribution in [0, 0.1) is 28.6 Å². The van der Waals surface area contributed by atoms with Gasteiger partial charge >= 0.3 is 5.97 Å². The van der Waals surface area contributed by atoms with Gasteiger partial charge in [0.15, 0.2) is 17.2 Å². The number of rotatable bonds is 4. The Labute approximate surface area is 218 Å². The molecule has 0 saturated heterocycles. The molecule has 194 valence electrons. The zero-order chi connectivity index (χ0) is 26.3. The lowest BCUT2D eigenvalue weighted by Gasteiger charge is -2.64. The first-order valence-corrected chi connectivity index (χ1v) is 13.1. The van der Waals surface area contributed by atoms with Gasteiger partial charge in [-0.2, -0.15) is 0 Å². The minimum absolute atomic E-state index is 0.0205. The zero-order valence-corrected chi connectivity index (χ0v) is 21.8. The molecule has 0 aliphatic heterocycles. The van der Waals surface area contributed by atoms with E-state index < -0.39 is 63.0 Å². The molecule has 9 atom stereocenters. The van der Waals surface area contributed by atoms with E-state index in [0.717, 1.165) is 0 Å². The van der Waals surface area contributed by atoms with Gasteiger partial charge in [-0.25, -0.2) is 9.18 Å². The van der Waals surface area contributed by atoms with Crippen LogP contribution < -0.4 is 0 Å². The Morgan fingerprint density at radius 1 is 1.28 bits per heavy atom. The summed E-state index contributed by atoms with van der Waals surface area (Å²) in [6, 6.07) is 2.99. The van der Waals surface area contributed by atoms with Crippen LogP contribution in [-0.2, 0) is 14.3 Å². The van der Waals surface area contributed by atoms with Crippen molar-refractivity contribution in [2.45, 2.75) is 62.8 Å². The third kappa shape index (κ3) is 3.02. The lowest BCUT2D eigenvalue weighted by molar-refractivity contribution is -0.178. The Bertz CT molecular complexity index is 1180. The normalized spacial score (nSPS) is 45.4. The van der Waals surface area contributed by atoms with Crippen molar-refractivity contribution in [2.24, 2.45) is 28.6 Å². The van der Waals surface area contributed by atoms with Crippen molar-refractivity contribution in [3.8, 4) is 0 Å². The van der Waals surface area contributed by atoms with E-state index in [1.807, 2.05) is 13.8 Å². The first-order valence-electron chi connectivity index (χ1n) is 12.2. The fraction of sp³-hybridized carbons (Fsp3) is 0.593. The summed E-state index contributed by atoms with van der Waals surface area (Å²) in [6.45, 7) is 5.38. The van der Waals surface area contributed by atoms with E-state index in [1.54, 1.807) is 19.1 Å². The molecule has 36 heavy (non-hydrogen) atoms. The smallest absolute Gasteiger partial charge is 0.375 e. The molecule has 6 nitrogen and oxygen atoms in total. The molecule has 9 heteroatoms. The van der Waals surface area contributed by atoms with E-state index in [2.05, 4.69) is 0 Å². The summed E-state index contributed by atoms with van der Waals surface area (Å²) in [4.78, 5) is 37.4. The van der Waals surface area contributed by atoms with Gasteiger partial charge in [-0.1, -0.05) is 26.8 Å². The number of carbonyl (C=O) groups is 3. The number of fused-ring (bicyclic) bond motifs is 5. The second-order valence-electron chi connectivity index (χ2n) is 11.2. The lowest BCUT2D eigenvalue weighted by atomic mass is 9.45. The summed E-state index contributed by atoms with van der Waals surface area (Å²) in [7, 11) is 0. The highest BCUT2D eigenvalue weighted by Gasteiger charge is 2.77. The summed E-state index contributed by atoms with van der Waals surface area (Å²) in [5.74, 6) is -3.46. The van der Waals surface area contributed by atoms with E-state index >= 15 is 4.39 Å². The average Bonchev–Trinajstić information content (AvgIpc) is 3.44. The Hall–Kier alpha value is -1.96. The van der Waals surface area contributed by atoms with Crippen LogP contribution in [0.15, 0.2) is 46.6 Å². The molecule has 0 bridgehead atoms. The number of hydrogen-bond donors (Lipinski definition) is 1. The summed E-state index contributed by atoms with van der Waals surface area (Å²) >= 11 is 13.4. The van der Waals surface area contributed by atoms with Crippen LogP contribution in [0.25, 0.3) is 0 Å². The fourth-order valence-corrected chi connectivity index (χ4v) is 8.77. The summed E-state index contributed by atoms with van der Waals surface area (Å²) < 4.78 is 27.0. The third-order valence-corrected chi connectivity index (χ3v) is 10.8.